The van der Waals surface area contributed by atoms with Crippen LogP contribution in [0.15, 0.2) is 46.3 Å². The van der Waals surface area contributed by atoms with E-state index in [1.165, 1.54) is 15.4 Å². The fourth-order valence-electron chi connectivity index (χ4n) is 1.45. The monoisotopic (exact) mass is 234 g/mol. The molecule has 0 fully saturated rings. The van der Waals surface area contributed by atoms with Gasteiger partial charge in [-0.25, -0.2) is 0 Å². The summed E-state index contributed by atoms with van der Waals surface area (Å²) in [5.41, 5.74) is 1.35. The lowest BCUT2D eigenvalue weighted by molar-refractivity contribution is 0.733. The van der Waals surface area contributed by atoms with Crippen LogP contribution in [0.2, 0.25) is 0 Å². The highest BCUT2D eigenvalue weighted by atomic mass is 32.2. The van der Waals surface area contributed by atoms with Crippen LogP contribution < -0.4 is 0 Å². The SMILES string of the molecule is C=C(S/C(=C\C)C1=CCC(C)C=C1)C(C)C. The average molecular weight is 234 g/mol. The third-order valence-corrected chi connectivity index (χ3v) is 4.17. The highest BCUT2D eigenvalue weighted by Gasteiger charge is 2.10. The summed E-state index contributed by atoms with van der Waals surface area (Å²) in [6, 6.07) is 0. The average Bonchev–Trinajstić information content (AvgIpc) is 2.26. The van der Waals surface area contributed by atoms with Crippen LogP contribution in [0.3, 0.4) is 0 Å². The van der Waals surface area contributed by atoms with Gasteiger partial charge in [-0.3, -0.25) is 0 Å². The van der Waals surface area contributed by atoms with Crippen molar-refractivity contribution in [3.63, 3.8) is 0 Å². The zero-order valence-corrected chi connectivity index (χ0v) is 11.6. The third kappa shape index (κ3) is 3.71. The van der Waals surface area contributed by atoms with Crippen LogP contribution in [0.25, 0.3) is 0 Å². The first-order valence-corrected chi connectivity index (χ1v) is 6.78. The van der Waals surface area contributed by atoms with Gasteiger partial charge in [-0.1, -0.05) is 63.4 Å². The number of thioether (sulfide) groups is 1. The highest BCUT2D eigenvalue weighted by Crippen LogP contribution is 2.36. The molecule has 0 aromatic heterocycles. The molecule has 1 atom stereocenters. The van der Waals surface area contributed by atoms with Crippen LogP contribution in [0.1, 0.15) is 34.1 Å². The van der Waals surface area contributed by atoms with Crippen molar-refractivity contribution in [3.8, 4) is 0 Å². The zero-order chi connectivity index (χ0) is 12.1. The van der Waals surface area contributed by atoms with Crippen molar-refractivity contribution in [2.75, 3.05) is 0 Å². The minimum atomic E-state index is 0.534. The Hall–Kier alpha value is -0.690. The maximum absolute atomic E-state index is 4.12. The van der Waals surface area contributed by atoms with Crippen molar-refractivity contribution in [2.45, 2.75) is 34.1 Å². The fourth-order valence-corrected chi connectivity index (χ4v) is 2.36. The van der Waals surface area contributed by atoms with Gasteiger partial charge in [0.25, 0.3) is 0 Å². The number of hydrogen-bond donors (Lipinski definition) is 0. The number of allylic oxidation sites excluding steroid dienone is 6. The molecular formula is C15H22S. The predicted molar refractivity (Wildman–Crippen MR) is 76.3 cm³/mol. The Kier molecular flexibility index (Phi) is 5.14. The molecule has 0 saturated heterocycles. The smallest absolute Gasteiger partial charge is 0.0145 e. The van der Waals surface area contributed by atoms with Gasteiger partial charge in [-0.05, 0) is 35.7 Å². The van der Waals surface area contributed by atoms with Crippen LogP contribution in [0, 0.1) is 11.8 Å². The maximum atomic E-state index is 4.12. The predicted octanol–water partition coefficient (Wildman–Crippen LogP) is 5.32. The Morgan fingerprint density at radius 1 is 1.56 bits per heavy atom. The molecule has 0 amide bonds. The summed E-state index contributed by atoms with van der Waals surface area (Å²) in [5.74, 6) is 1.22. The van der Waals surface area contributed by atoms with Gasteiger partial charge in [-0.15, -0.1) is 0 Å². The molecule has 1 unspecified atom stereocenters. The van der Waals surface area contributed by atoms with Gasteiger partial charge in [0.1, 0.15) is 0 Å². The van der Waals surface area contributed by atoms with E-state index in [1.807, 2.05) is 11.8 Å². The molecule has 16 heavy (non-hydrogen) atoms. The van der Waals surface area contributed by atoms with Crippen molar-refractivity contribution in [1.29, 1.82) is 0 Å². The van der Waals surface area contributed by atoms with Crippen LogP contribution in [-0.2, 0) is 0 Å². The number of hydrogen-bond acceptors (Lipinski definition) is 1. The Labute approximate surface area is 104 Å². The van der Waals surface area contributed by atoms with E-state index >= 15 is 0 Å². The highest BCUT2D eigenvalue weighted by molar-refractivity contribution is 8.06. The Morgan fingerprint density at radius 2 is 2.25 bits per heavy atom. The van der Waals surface area contributed by atoms with Gasteiger partial charge in [0.05, 0.1) is 0 Å². The van der Waals surface area contributed by atoms with E-state index in [1.54, 1.807) is 0 Å². The third-order valence-electron chi connectivity index (χ3n) is 2.75. The molecule has 0 saturated carbocycles. The summed E-state index contributed by atoms with van der Waals surface area (Å²) in [6.07, 6.45) is 10.2. The molecule has 0 bridgehead atoms. The van der Waals surface area contributed by atoms with Crippen LogP contribution in [0.4, 0.5) is 0 Å². The summed E-state index contributed by atoms with van der Waals surface area (Å²) in [7, 11) is 0. The van der Waals surface area contributed by atoms with Crippen LogP contribution >= 0.6 is 11.8 Å². The molecule has 88 valence electrons. The summed E-state index contributed by atoms with van der Waals surface area (Å²) in [6.45, 7) is 12.9. The molecule has 1 rings (SSSR count). The molecule has 1 aliphatic carbocycles. The molecule has 0 aliphatic heterocycles. The molecule has 0 aromatic rings. The van der Waals surface area contributed by atoms with Crippen molar-refractivity contribution >= 4 is 11.8 Å². The van der Waals surface area contributed by atoms with Gasteiger partial charge >= 0.3 is 0 Å². The fraction of sp³-hybridized carbons (Fsp3) is 0.467. The minimum Gasteiger partial charge on any atom is -0.0946 e. The first kappa shape index (κ1) is 13.4. The first-order chi connectivity index (χ1) is 7.54. The van der Waals surface area contributed by atoms with Crippen molar-refractivity contribution < 1.29 is 0 Å². The molecule has 0 nitrogen and oxygen atoms in total. The molecule has 0 radical (unpaired) electrons. The Bertz CT molecular complexity index is 342. The quantitative estimate of drug-likeness (QED) is 0.634. The summed E-state index contributed by atoms with van der Waals surface area (Å²) >= 11 is 1.81. The van der Waals surface area contributed by atoms with E-state index in [0.29, 0.717) is 11.8 Å². The molecule has 0 heterocycles. The van der Waals surface area contributed by atoms with E-state index < -0.39 is 0 Å². The molecule has 0 spiro atoms. The van der Waals surface area contributed by atoms with Gasteiger partial charge in [0, 0.05) is 4.91 Å². The van der Waals surface area contributed by atoms with Crippen LogP contribution in [-0.4, -0.2) is 0 Å². The standard InChI is InChI=1S/C15H22S/c1-6-15(16-13(5)11(2)3)14-9-7-12(4)8-10-14/h6-7,9-12H,5,8H2,1-4H3/b15-6-. The minimum absolute atomic E-state index is 0.534. The van der Waals surface area contributed by atoms with Gasteiger partial charge < -0.3 is 0 Å². The van der Waals surface area contributed by atoms with Crippen LogP contribution in [0.5, 0.6) is 0 Å². The lowest BCUT2D eigenvalue weighted by Gasteiger charge is -2.16. The van der Waals surface area contributed by atoms with Gasteiger partial charge in [0.15, 0.2) is 0 Å². The lowest BCUT2D eigenvalue weighted by atomic mass is 9.98. The Morgan fingerprint density at radius 3 is 2.69 bits per heavy atom. The van der Waals surface area contributed by atoms with Gasteiger partial charge in [0.2, 0.25) is 0 Å². The number of rotatable bonds is 4. The second-order valence-electron chi connectivity index (χ2n) is 4.61. The van der Waals surface area contributed by atoms with Crippen molar-refractivity contribution in [1.82, 2.24) is 0 Å². The molecular weight excluding hydrogens is 212 g/mol. The lowest BCUT2D eigenvalue weighted by Crippen LogP contribution is -1.96. The van der Waals surface area contributed by atoms with E-state index in [9.17, 15) is 0 Å². The van der Waals surface area contributed by atoms with E-state index in [4.69, 9.17) is 0 Å². The van der Waals surface area contributed by atoms with E-state index in [2.05, 4.69) is 58.6 Å². The summed E-state index contributed by atoms with van der Waals surface area (Å²) in [4.78, 5) is 2.57. The van der Waals surface area contributed by atoms with Crippen molar-refractivity contribution in [3.05, 3.63) is 46.3 Å². The summed E-state index contributed by atoms with van der Waals surface area (Å²) in [5, 5.41) is 0. The first-order valence-electron chi connectivity index (χ1n) is 5.96. The van der Waals surface area contributed by atoms with E-state index in [0.717, 1.165) is 6.42 Å². The van der Waals surface area contributed by atoms with Crippen molar-refractivity contribution in [2.24, 2.45) is 11.8 Å². The second kappa shape index (κ2) is 6.15. The molecule has 1 heteroatoms. The molecule has 0 N–H and O–H groups in total. The van der Waals surface area contributed by atoms with E-state index in [-0.39, 0.29) is 0 Å². The second-order valence-corrected chi connectivity index (χ2v) is 5.78. The topological polar surface area (TPSA) is 0 Å². The Balaban J connectivity index is 2.71. The zero-order valence-electron chi connectivity index (χ0n) is 10.8. The normalized spacial score (nSPS) is 21.2. The largest absolute Gasteiger partial charge is 0.0946 e. The molecule has 1 aliphatic rings. The summed E-state index contributed by atoms with van der Waals surface area (Å²) < 4.78 is 0. The molecule has 0 aromatic carbocycles. The maximum Gasteiger partial charge on any atom is 0.0145 e. The van der Waals surface area contributed by atoms with Gasteiger partial charge in [-0.2, -0.15) is 0 Å².